The number of aromatic nitrogens is 1. The van der Waals surface area contributed by atoms with Gasteiger partial charge in [-0.3, -0.25) is 0 Å². The van der Waals surface area contributed by atoms with Crippen molar-refractivity contribution in [2.24, 2.45) is 0 Å². The molecule has 0 aliphatic carbocycles. The van der Waals surface area contributed by atoms with E-state index in [9.17, 15) is 8.42 Å². The molecule has 0 saturated heterocycles. The fourth-order valence-electron chi connectivity index (χ4n) is 1.71. The van der Waals surface area contributed by atoms with Gasteiger partial charge in [0.15, 0.2) is 9.84 Å². The second kappa shape index (κ2) is 6.86. The lowest BCUT2D eigenvalue weighted by molar-refractivity contribution is 0.261. The number of anilines is 1. The van der Waals surface area contributed by atoms with Crippen molar-refractivity contribution in [2.75, 3.05) is 31.7 Å². The van der Waals surface area contributed by atoms with Crippen LogP contribution < -0.4 is 5.32 Å². The van der Waals surface area contributed by atoms with Gasteiger partial charge in [0.05, 0.1) is 0 Å². The van der Waals surface area contributed by atoms with Gasteiger partial charge in [0.1, 0.15) is 10.7 Å². The third kappa shape index (κ3) is 4.80. The van der Waals surface area contributed by atoms with Crippen LogP contribution in [0.2, 0.25) is 0 Å². The molecule has 0 saturated carbocycles. The number of nitrogens with zero attached hydrogens (tertiary/aromatic N) is 2. The maximum absolute atomic E-state index is 11.6. The molecule has 1 unspecified atom stereocenters. The summed E-state index contributed by atoms with van der Waals surface area (Å²) in [5, 5.41) is 3.10. The van der Waals surface area contributed by atoms with Crippen LogP contribution in [0.3, 0.4) is 0 Å². The number of rotatable bonds is 7. The molecule has 0 aliphatic rings. The molecule has 1 aromatic heterocycles. The maximum atomic E-state index is 11.6. The number of hydrogen-bond acceptors (Lipinski definition) is 5. The number of pyridine rings is 1. The Balaban J connectivity index is 2.64. The molecule has 0 spiro atoms. The van der Waals surface area contributed by atoms with Gasteiger partial charge in [0.25, 0.3) is 0 Å². The van der Waals surface area contributed by atoms with E-state index in [0.717, 1.165) is 13.0 Å². The average Bonchev–Trinajstić information content (AvgIpc) is 2.37. The first kappa shape index (κ1) is 15.9. The summed E-state index contributed by atoms with van der Waals surface area (Å²) in [5.41, 5.74) is 0. The van der Waals surface area contributed by atoms with Crippen molar-refractivity contribution >= 4 is 15.7 Å². The van der Waals surface area contributed by atoms with Crippen LogP contribution in [0.25, 0.3) is 0 Å². The second-order valence-corrected chi connectivity index (χ2v) is 6.77. The van der Waals surface area contributed by atoms with Crippen LogP contribution in [0.1, 0.15) is 20.3 Å². The van der Waals surface area contributed by atoms with E-state index in [4.69, 9.17) is 0 Å². The zero-order chi connectivity index (χ0) is 14.5. The van der Waals surface area contributed by atoms with E-state index in [1.807, 2.05) is 0 Å². The molecule has 5 nitrogen and oxygen atoms in total. The number of likely N-dealkylation sites (N-methyl/N-ethyl adjacent to an activating group) is 1. The zero-order valence-corrected chi connectivity index (χ0v) is 12.9. The van der Waals surface area contributed by atoms with Crippen LogP contribution in [0.5, 0.6) is 0 Å². The summed E-state index contributed by atoms with van der Waals surface area (Å²) in [6.45, 7) is 5.83. The highest BCUT2D eigenvalue weighted by atomic mass is 32.2. The van der Waals surface area contributed by atoms with Gasteiger partial charge < -0.3 is 10.2 Å². The lowest BCUT2D eigenvalue weighted by Gasteiger charge is -2.23. The fourth-order valence-corrected chi connectivity index (χ4v) is 2.51. The van der Waals surface area contributed by atoms with Crippen molar-refractivity contribution in [3.63, 3.8) is 0 Å². The van der Waals surface area contributed by atoms with Crippen molar-refractivity contribution in [1.82, 2.24) is 9.88 Å². The normalized spacial score (nSPS) is 13.5. The third-order valence-corrected chi connectivity index (χ3v) is 4.40. The first-order valence-corrected chi connectivity index (χ1v) is 8.34. The highest BCUT2D eigenvalue weighted by Crippen LogP contribution is 2.17. The Morgan fingerprint density at radius 1 is 1.47 bits per heavy atom. The van der Waals surface area contributed by atoms with Crippen LogP contribution >= 0.6 is 0 Å². The molecule has 1 rings (SSSR count). The minimum Gasteiger partial charge on any atom is -0.368 e. The Bertz CT molecular complexity index is 502. The van der Waals surface area contributed by atoms with Gasteiger partial charge >= 0.3 is 0 Å². The Hall–Kier alpha value is -1.14. The SMILES string of the molecule is CCC(C)N(C)CCNc1ncccc1S(C)(=O)=O. The molecule has 1 heterocycles. The van der Waals surface area contributed by atoms with Gasteiger partial charge in [0.2, 0.25) is 0 Å². The predicted octanol–water partition coefficient (Wildman–Crippen LogP) is 1.63. The van der Waals surface area contributed by atoms with Crippen molar-refractivity contribution in [3.05, 3.63) is 18.3 Å². The van der Waals surface area contributed by atoms with Gasteiger partial charge in [-0.05, 0) is 32.5 Å². The van der Waals surface area contributed by atoms with Crippen LogP contribution in [-0.2, 0) is 9.84 Å². The Kier molecular flexibility index (Phi) is 5.75. The van der Waals surface area contributed by atoms with E-state index in [1.165, 1.54) is 6.26 Å². The summed E-state index contributed by atoms with van der Waals surface area (Å²) in [7, 11) is -1.18. The minimum atomic E-state index is -3.24. The molecule has 0 aromatic carbocycles. The van der Waals surface area contributed by atoms with E-state index in [-0.39, 0.29) is 4.90 Å². The molecule has 6 heteroatoms. The first-order valence-electron chi connectivity index (χ1n) is 6.45. The van der Waals surface area contributed by atoms with E-state index < -0.39 is 9.84 Å². The quantitative estimate of drug-likeness (QED) is 0.825. The number of sulfone groups is 1. The van der Waals surface area contributed by atoms with E-state index in [1.54, 1.807) is 18.3 Å². The largest absolute Gasteiger partial charge is 0.368 e. The molecule has 1 aromatic rings. The molecule has 19 heavy (non-hydrogen) atoms. The lowest BCUT2D eigenvalue weighted by Crippen LogP contribution is -2.33. The fraction of sp³-hybridized carbons (Fsp3) is 0.615. The molecule has 0 radical (unpaired) electrons. The summed E-state index contributed by atoms with van der Waals surface area (Å²) >= 11 is 0. The molecule has 108 valence electrons. The smallest absolute Gasteiger partial charge is 0.179 e. The molecular weight excluding hydrogens is 262 g/mol. The Morgan fingerprint density at radius 2 is 2.16 bits per heavy atom. The van der Waals surface area contributed by atoms with Crippen LogP contribution in [0.4, 0.5) is 5.82 Å². The van der Waals surface area contributed by atoms with E-state index in [2.05, 4.69) is 36.1 Å². The summed E-state index contributed by atoms with van der Waals surface area (Å²) in [4.78, 5) is 6.58. The van der Waals surface area contributed by atoms with Gasteiger partial charge in [-0.2, -0.15) is 0 Å². The number of nitrogens with one attached hydrogen (secondary N) is 1. The lowest BCUT2D eigenvalue weighted by atomic mass is 10.2. The van der Waals surface area contributed by atoms with Crippen molar-refractivity contribution in [3.8, 4) is 0 Å². The topological polar surface area (TPSA) is 62.3 Å². The van der Waals surface area contributed by atoms with Crippen LogP contribution in [-0.4, -0.2) is 50.7 Å². The Labute approximate surface area is 116 Å². The van der Waals surface area contributed by atoms with Crippen molar-refractivity contribution in [1.29, 1.82) is 0 Å². The molecule has 1 N–H and O–H groups in total. The van der Waals surface area contributed by atoms with Crippen molar-refractivity contribution < 1.29 is 8.42 Å². The third-order valence-electron chi connectivity index (χ3n) is 3.27. The first-order chi connectivity index (χ1) is 8.86. The van der Waals surface area contributed by atoms with Crippen molar-refractivity contribution in [2.45, 2.75) is 31.2 Å². The Morgan fingerprint density at radius 3 is 2.74 bits per heavy atom. The average molecular weight is 285 g/mol. The zero-order valence-electron chi connectivity index (χ0n) is 12.0. The monoisotopic (exact) mass is 285 g/mol. The molecule has 0 amide bonds. The molecular formula is C13H23N3O2S. The number of hydrogen-bond donors (Lipinski definition) is 1. The van der Waals surface area contributed by atoms with Crippen LogP contribution in [0.15, 0.2) is 23.2 Å². The van der Waals surface area contributed by atoms with E-state index in [0.29, 0.717) is 18.4 Å². The highest BCUT2D eigenvalue weighted by molar-refractivity contribution is 7.90. The van der Waals surface area contributed by atoms with Gasteiger partial charge in [-0.15, -0.1) is 0 Å². The molecule has 0 bridgehead atoms. The van der Waals surface area contributed by atoms with Gasteiger partial charge in [-0.25, -0.2) is 13.4 Å². The summed E-state index contributed by atoms with van der Waals surface area (Å²) in [6, 6.07) is 3.72. The summed E-state index contributed by atoms with van der Waals surface area (Å²) in [5.74, 6) is 0.433. The molecule has 0 aliphatic heterocycles. The molecule has 1 atom stereocenters. The van der Waals surface area contributed by atoms with Gasteiger partial charge in [0, 0.05) is 31.6 Å². The van der Waals surface area contributed by atoms with Gasteiger partial charge in [-0.1, -0.05) is 6.92 Å². The summed E-state index contributed by atoms with van der Waals surface area (Å²) < 4.78 is 23.2. The standard InChI is InChI=1S/C13H23N3O2S/c1-5-11(2)16(3)10-9-15-13-12(19(4,17)18)7-6-8-14-13/h6-8,11H,5,9-10H2,1-4H3,(H,14,15). The summed E-state index contributed by atoms with van der Waals surface area (Å²) in [6.07, 6.45) is 3.88. The highest BCUT2D eigenvalue weighted by Gasteiger charge is 2.13. The van der Waals surface area contributed by atoms with E-state index >= 15 is 0 Å². The van der Waals surface area contributed by atoms with Crippen LogP contribution in [0, 0.1) is 0 Å². The molecule has 0 fully saturated rings. The predicted molar refractivity (Wildman–Crippen MR) is 78.2 cm³/mol. The maximum Gasteiger partial charge on any atom is 0.179 e. The minimum absolute atomic E-state index is 0.251. The second-order valence-electron chi connectivity index (χ2n) is 4.79.